The summed E-state index contributed by atoms with van der Waals surface area (Å²) in [5.74, 6) is 3.28. The first-order chi connectivity index (χ1) is 9.24. The van der Waals surface area contributed by atoms with Crippen molar-refractivity contribution in [1.82, 2.24) is 0 Å². The third-order valence-corrected chi connectivity index (χ3v) is 3.53. The molecule has 0 saturated heterocycles. The lowest BCUT2D eigenvalue weighted by Crippen LogP contribution is -2.34. The van der Waals surface area contributed by atoms with Crippen LogP contribution >= 0.6 is 0 Å². The minimum atomic E-state index is -3.56. The predicted molar refractivity (Wildman–Crippen MR) is 74.1 cm³/mol. The smallest absolute Gasteiger partial charge is 0.306 e. The number of ether oxygens (including phenoxy) is 2. The molecule has 20 heavy (non-hydrogen) atoms. The fourth-order valence-corrected chi connectivity index (χ4v) is 2.55. The van der Waals surface area contributed by atoms with Gasteiger partial charge in [-0.15, -0.1) is 6.42 Å². The van der Waals surface area contributed by atoms with Crippen LogP contribution in [0.4, 0.5) is 0 Å². The van der Waals surface area contributed by atoms with E-state index in [0.717, 1.165) is 11.8 Å². The summed E-state index contributed by atoms with van der Waals surface area (Å²) >= 11 is 0. The first-order valence-electron chi connectivity index (χ1n) is 6.00. The summed E-state index contributed by atoms with van der Waals surface area (Å²) in [7, 11) is -3.56. The third-order valence-electron chi connectivity index (χ3n) is 3.03. The minimum Gasteiger partial charge on any atom is -0.464 e. The molecule has 0 fully saturated rings. The van der Waals surface area contributed by atoms with Crippen molar-refractivity contribution < 1.29 is 22.1 Å². The van der Waals surface area contributed by atoms with E-state index < -0.39 is 21.8 Å². The van der Waals surface area contributed by atoms with Crippen LogP contribution < -0.4 is 8.92 Å². The van der Waals surface area contributed by atoms with Gasteiger partial charge in [0.15, 0.2) is 0 Å². The lowest BCUT2D eigenvalue weighted by Gasteiger charge is -2.24. The summed E-state index contributed by atoms with van der Waals surface area (Å²) in [6.07, 6.45) is 5.67. The van der Waals surface area contributed by atoms with Crippen LogP contribution in [-0.2, 0) is 20.3 Å². The quantitative estimate of drug-likeness (QED) is 0.625. The minimum absolute atomic E-state index is 0.148. The highest BCUT2D eigenvalue weighted by molar-refractivity contribution is 7.86. The van der Waals surface area contributed by atoms with Crippen LogP contribution in [0.5, 0.6) is 11.5 Å². The van der Waals surface area contributed by atoms with E-state index in [-0.39, 0.29) is 12.4 Å². The van der Waals surface area contributed by atoms with Gasteiger partial charge in [-0.2, -0.15) is 8.42 Å². The number of benzene rings is 1. The summed E-state index contributed by atoms with van der Waals surface area (Å²) in [6.45, 7) is 4.02. The van der Waals surface area contributed by atoms with Gasteiger partial charge in [-0.25, -0.2) is 0 Å². The van der Waals surface area contributed by atoms with E-state index in [4.69, 9.17) is 20.1 Å². The van der Waals surface area contributed by atoms with E-state index in [1.807, 2.05) is 13.8 Å². The summed E-state index contributed by atoms with van der Waals surface area (Å²) < 4.78 is 38.4. The van der Waals surface area contributed by atoms with Crippen molar-refractivity contribution >= 4 is 10.1 Å². The maximum absolute atomic E-state index is 11.2. The monoisotopic (exact) mass is 296 g/mol. The first kappa shape index (κ1) is 14.7. The molecular formula is C14H16O5S. The van der Waals surface area contributed by atoms with Crippen molar-refractivity contribution in [3.8, 4) is 23.8 Å². The summed E-state index contributed by atoms with van der Waals surface area (Å²) in [5.41, 5.74) is 0.365. The van der Waals surface area contributed by atoms with E-state index in [0.29, 0.717) is 5.75 Å². The van der Waals surface area contributed by atoms with Gasteiger partial charge in [-0.3, -0.25) is 0 Å². The molecule has 1 aromatic carbocycles. The molecule has 1 unspecified atom stereocenters. The molecule has 1 aliphatic rings. The number of terminal acetylenes is 1. The van der Waals surface area contributed by atoms with Gasteiger partial charge >= 0.3 is 10.1 Å². The second-order valence-corrected chi connectivity index (χ2v) is 6.71. The Morgan fingerprint density at radius 2 is 2.15 bits per heavy atom. The van der Waals surface area contributed by atoms with Crippen LogP contribution in [0, 0.1) is 12.3 Å². The van der Waals surface area contributed by atoms with Crippen LogP contribution in [0.15, 0.2) is 18.2 Å². The third kappa shape index (κ3) is 2.89. The van der Waals surface area contributed by atoms with Gasteiger partial charge in [-0.1, -0.05) is 5.92 Å². The number of fused-ring (bicyclic) bond motifs is 1. The average molecular weight is 296 g/mol. The zero-order valence-electron chi connectivity index (χ0n) is 11.5. The first-order valence-corrected chi connectivity index (χ1v) is 7.81. The Morgan fingerprint density at radius 1 is 1.45 bits per heavy atom. The van der Waals surface area contributed by atoms with Gasteiger partial charge in [0.1, 0.15) is 18.1 Å². The Morgan fingerprint density at radius 3 is 2.75 bits per heavy atom. The van der Waals surface area contributed by atoms with Crippen molar-refractivity contribution in [2.45, 2.75) is 25.6 Å². The standard InChI is InChI=1S/C14H16O5S/c1-5-8-17-13-14(2,3)11-9-10(19-20(4,15)16)6-7-12(11)18-13/h1,6-7,9,13H,8H2,2-4H3. The van der Waals surface area contributed by atoms with Gasteiger partial charge in [0.2, 0.25) is 6.29 Å². The van der Waals surface area contributed by atoms with Crippen molar-refractivity contribution in [3.05, 3.63) is 23.8 Å². The van der Waals surface area contributed by atoms with Crippen LogP contribution in [0.1, 0.15) is 19.4 Å². The molecule has 0 aromatic heterocycles. The Bertz CT molecular complexity index is 655. The summed E-state index contributed by atoms with van der Waals surface area (Å²) in [5, 5.41) is 0. The Labute approximate surface area is 119 Å². The van der Waals surface area contributed by atoms with Crippen molar-refractivity contribution in [1.29, 1.82) is 0 Å². The van der Waals surface area contributed by atoms with Gasteiger partial charge < -0.3 is 13.7 Å². The fourth-order valence-electron chi connectivity index (χ4n) is 2.10. The largest absolute Gasteiger partial charge is 0.464 e. The van der Waals surface area contributed by atoms with Crippen LogP contribution in [0.2, 0.25) is 0 Å². The van der Waals surface area contributed by atoms with Crippen LogP contribution in [-0.4, -0.2) is 27.6 Å². The Kier molecular flexibility index (Phi) is 3.67. The molecule has 0 bridgehead atoms. The number of rotatable bonds is 4. The highest BCUT2D eigenvalue weighted by atomic mass is 32.2. The molecule has 6 heteroatoms. The zero-order valence-corrected chi connectivity index (χ0v) is 12.4. The summed E-state index contributed by atoms with van der Waals surface area (Å²) in [4.78, 5) is 0. The summed E-state index contributed by atoms with van der Waals surface area (Å²) in [6, 6.07) is 4.85. The lowest BCUT2D eigenvalue weighted by atomic mass is 9.85. The zero-order chi connectivity index (χ0) is 15.0. The Balaban J connectivity index is 2.31. The van der Waals surface area contributed by atoms with E-state index in [1.54, 1.807) is 18.2 Å². The van der Waals surface area contributed by atoms with Crippen molar-refractivity contribution in [3.63, 3.8) is 0 Å². The molecule has 1 aliphatic heterocycles. The molecule has 2 rings (SSSR count). The average Bonchev–Trinajstić information content (AvgIpc) is 2.57. The molecule has 0 N–H and O–H groups in total. The topological polar surface area (TPSA) is 61.8 Å². The lowest BCUT2D eigenvalue weighted by molar-refractivity contribution is -0.0907. The van der Waals surface area contributed by atoms with E-state index >= 15 is 0 Å². The van der Waals surface area contributed by atoms with Crippen molar-refractivity contribution in [2.75, 3.05) is 12.9 Å². The van der Waals surface area contributed by atoms with Gasteiger partial charge in [0.25, 0.3) is 0 Å². The Hall–Kier alpha value is -1.71. The molecular weight excluding hydrogens is 280 g/mol. The van der Waals surface area contributed by atoms with Gasteiger partial charge in [0.05, 0.1) is 11.7 Å². The van der Waals surface area contributed by atoms with Gasteiger partial charge in [-0.05, 0) is 32.0 Å². The van der Waals surface area contributed by atoms with Gasteiger partial charge in [0, 0.05) is 5.56 Å². The molecule has 1 aromatic rings. The van der Waals surface area contributed by atoms with E-state index in [1.165, 1.54) is 0 Å². The molecule has 0 radical (unpaired) electrons. The number of hydrogen-bond donors (Lipinski definition) is 0. The van der Waals surface area contributed by atoms with E-state index in [2.05, 4.69) is 5.92 Å². The normalized spacial score (nSPS) is 19.8. The maximum atomic E-state index is 11.2. The van der Waals surface area contributed by atoms with Crippen LogP contribution in [0.25, 0.3) is 0 Å². The molecule has 0 saturated carbocycles. The number of hydrogen-bond acceptors (Lipinski definition) is 5. The maximum Gasteiger partial charge on any atom is 0.306 e. The SMILES string of the molecule is C#CCOC1Oc2ccc(OS(C)(=O)=O)cc2C1(C)C. The molecule has 1 atom stereocenters. The molecule has 0 aliphatic carbocycles. The molecule has 5 nitrogen and oxygen atoms in total. The predicted octanol–water partition coefficient (Wildman–Crippen LogP) is 1.67. The van der Waals surface area contributed by atoms with Crippen LogP contribution in [0.3, 0.4) is 0 Å². The molecule has 1 heterocycles. The second kappa shape index (κ2) is 5.00. The molecule has 0 spiro atoms. The highest BCUT2D eigenvalue weighted by Gasteiger charge is 2.42. The second-order valence-electron chi connectivity index (χ2n) is 5.13. The van der Waals surface area contributed by atoms with Crippen molar-refractivity contribution in [2.24, 2.45) is 0 Å². The highest BCUT2D eigenvalue weighted by Crippen LogP contribution is 2.44. The fraction of sp³-hybridized carbons (Fsp3) is 0.429. The van der Waals surface area contributed by atoms with E-state index in [9.17, 15) is 8.42 Å². The molecule has 108 valence electrons. The molecule has 0 amide bonds.